The summed E-state index contributed by atoms with van der Waals surface area (Å²) >= 11 is 0. The first kappa shape index (κ1) is 27.1. The summed E-state index contributed by atoms with van der Waals surface area (Å²) in [5.41, 5.74) is 1.03. The van der Waals surface area contributed by atoms with Crippen molar-refractivity contribution in [1.29, 1.82) is 0 Å². The molecule has 0 aliphatic carbocycles. The summed E-state index contributed by atoms with van der Waals surface area (Å²) in [6.45, 7) is 5.69. The van der Waals surface area contributed by atoms with Gasteiger partial charge in [-0.3, -0.25) is 13.9 Å². The minimum absolute atomic E-state index is 0.0369. The van der Waals surface area contributed by atoms with Crippen LogP contribution in [0.25, 0.3) is 0 Å². The van der Waals surface area contributed by atoms with Gasteiger partial charge in [-0.1, -0.05) is 26.0 Å². The average molecular weight is 520 g/mol. The fourth-order valence-corrected chi connectivity index (χ4v) is 4.46. The van der Waals surface area contributed by atoms with Crippen molar-refractivity contribution in [2.45, 2.75) is 33.4 Å². The Balaban J connectivity index is 1.89. The van der Waals surface area contributed by atoms with Crippen molar-refractivity contribution in [3.05, 3.63) is 48.0 Å². The molecule has 10 nitrogen and oxygen atoms in total. The zero-order valence-corrected chi connectivity index (χ0v) is 22.0. The number of carbonyl (C=O) groups excluding carboxylic acids is 2. The smallest absolute Gasteiger partial charge is 0.244 e. The number of amides is 2. The topological polar surface area (TPSA) is 114 Å². The number of carbonyl (C=O) groups is 2. The van der Waals surface area contributed by atoms with Gasteiger partial charge in [-0.2, -0.15) is 0 Å². The number of rotatable bonds is 11. The van der Waals surface area contributed by atoms with Crippen LogP contribution >= 0.6 is 0 Å². The first-order valence-corrected chi connectivity index (χ1v) is 13.4. The highest BCUT2D eigenvalue weighted by Crippen LogP contribution is 2.36. The van der Waals surface area contributed by atoms with Crippen LogP contribution in [0.15, 0.2) is 42.5 Å². The first-order chi connectivity index (χ1) is 17.0. The van der Waals surface area contributed by atoms with Crippen molar-refractivity contribution in [3.8, 4) is 17.2 Å². The summed E-state index contributed by atoms with van der Waals surface area (Å²) in [4.78, 5) is 27.8. The molecule has 0 aromatic heterocycles. The second kappa shape index (κ2) is 11.5. The SMILES string of the molecule is COc1ccc(CN(C(=O)CN(c2ccc3c(c2)OCO3)S(C)(=O)=O)[C@@H](C)C(=O)NCC(C)C)cc1. The van der Waals surface area contributed by atoms with E-state index in [-0.39, 0.29) is 30.9 Å². The second-order valence-corrected chi connectivity index (χ2v) is 10.9. The highest BCUT2D eigenvalue weighted by Gasteiger charge is 2.30. The summed E-state index contributed by atoms with van der Waals surface area (Å²) in [5, 5.41) is 2.85. The van der Waals surface area contributed by atoms with E-state index >= 15 is 0 Å². The molecule has 1 aliphatic rings. The number of nitrogens with one attached hydrogen (secondary N) is 1. The van der Waals surface area contributed by atoms with Crippen LogP contribution in [0.1, 0.15) is 26.3 Å². The maximum Gasteiger partial charge on any atom is 0.244 e. The van der Waals surface area contributed by atoms with Gasteiger partial charge in [0.2, 0.25) is 28.6 Å². The van der Waals surface area contributed by atoms with Crippen molar-refractivity contribution in [2.75, 3.05) is 37.6 Å². The maximum absolute atomic E-state index is 13.6. The molecule has 0 bridgehead atoms. The van der Waals surface area contributed by atoms with Crippen LogP contribution in [0.4, 0.5) is 5.69 Å². The minimum atomic E-state index is -3.84. The molecule has 1 heterocycles. The van der Waals surface area contributed by atoms with E-state index in [0.717, 1.165) is 16.1 Å². The van der Waals surface area contributed by atoms with Gasteiger partial charge < -0.3 is 24.4 Å². The Morgan fingerprint density at radius 3 is 2.33 bits per heavy atom. The van der Waals surface area contributed by atoms with Crippen LogP contribution in [0.3, 0.4) is 0 Å². The summed E-state index contributed by atoms with van der Waals surface area (Å²) < 4.78 is 42.2. The Bertz CT molecular complexity index is 1180. The fourth-order valence-electron chi connectivity index (χ4n) is 3.62. The molecule has 196 valence electrons. The van der Waals surface area contributed by atoms with Crippen LogP contribution < -0.4 is 23.8 Å². The van der Waals surface area contributed by atoms with Crippen molar-refractivity contribution >= 4 is 27.5 Å². The van der Waals surface area contributed by atoms with E-state index in [1.54, 1.807) is 50.4 Å². The Kier molecular flexibility index (Phi) is 8.67. The Hall–Kier alpha value is -3.47. The summed E-state index contributed by atoms with van der Waals surface area (Å²) in [6, 6.07) is 10.9. The second-order valence-electron chi connectivity index (χ2n) is 8.99. The van der Waals surface area contributed by atoms with Gasteiger partial charge in [0.1, 0.15) is 18.3 Å². The van der Waals surface area contributed by atoms with E-state index in [0.29, 0.717) is 23.8 Å². The van der Waals surface area contributed by atoms with E-state index in [1.807, 2.05) is 13.8 Å². The van der Waals surface area contributed by atoms with Gasteiger partial charge in [-0.15, -0.1) is 0 Å². The Morgan fingerprint density at radius 2 is 1.72 bits per heavy atom. The Labute approximate surface area is 212 Å². The van der Waals surface area contributed by atoms with Crippen LogP contribution in [-0.4, -0.2) is 64.4 Å². The number of hydrogen-bond acceptors (Lipinski definition) is 7. The molecule has 2 aromatic rings. The molecule has 3 rings (SSSR count). The predicted molar refractivity (Wildman–Crippen MR) is 136 cm³/mol. The van der Waals surface area contributed by atoms with Crippen molar-refractivity contribution in [3.63, 3.8) is 0 Å². The van der Waals surface area contributed by atoms with Gasteiger partial charge in [0.15, 0.2) is 11.5 Å². The van der Waals surface area contributed by atoms with Gasteiger partial charge in [0.05, 0.1) is 19.1 Å². The molecule has 0 radical (unpaired) electrons. The van der Waals surface area contributed by atoms with Crippen LogP contribution in [0.5, 0.6) is 17.2 Å². The molecule has 2 aromatic carbocycles. The highest BCUT2D eigenvalue weighted by molar-refractivity contribution is 7.92. The van der Waals surface area contributed by atoms with Gasteiger partial charge in [-0.25, -0.2) is 8.42 Å². The monoisotopic (exact) mass is 519 g/mol. The zero-order valence-electron chi connectivity index (χ0n) is 21.2. The standard InChI is InChI=1S/C25H33N3O7S/c1-17(2)13-26-25(30)18(3)27(14-19-6-9-21(33-4)10-7-19)24(29)15-28(36(5,31)32)20-8-11-22-23(12-20)35-16-34-22/h6-12,17-18H,13-16H2,1-5H3,(H,26,30)/t18-/m0/s1. The van der Waals surface area contributed by atoms with Crippen molar-refractivity contribution in [1.82, 2.24) is 10.2 Å². The lowest BCUT2D eigenvalue weighted by Crippen LogP contribution is -2.51. The quantitative estimate of drug-likeness (QED) is 0.485. The molecule has 1 atom stereocenters. The van der Waals surface area contributed by atoms with Gasteiger partial charge in [0.25, 0.3) is 0 Å². The summed E-state index contributed by atoms with van der Waals surface area (Å²) in [6.07, 6.45) is 1.03. The van der Waals surface area contributed by atoms with Crippen molar-refractivity contribution in [2.24, 2.45) is 5.92 Å². The third kappa shape index (κ3) is 6.81. The Morgan fingerprint density at radius 1 is 1.06 bits per heavy atom. The van der Waals surface area contributed by atoms with E-state index < -0.39 is 28.5 Å². The normalized spacial score (nSPS) is 13.3. The number of anilines is 1. The number of hydrogen-bond donors (Lipinski definition) is 1. The highest BCUT2D eigenvalue weighted by atomic mass is 32.2. The molecule has 0 spiro atoms. The molecule has 1 aliphatic heterocycles. The third-order valence-electron chi connectivity index (χ3n) is 5.69. The average Bonchev–Trinajstić information content (AvgIpc) is 3.31. The lowest BCUT2D eigenvalue weighted by atomic mass is 10.1. The lowest BCUT2D eigenvalue weighted by Gasteiger charge is -2.31. The fraction of sp³-hybridized carbons (Fsp3) is 0.440. The lowest BCUT2D eigenvalue weighted by molar-refractivity contribution is -0.139. The summed E-state index contributed by atoms with van der Waals surface area (Å²) in [7, 11) is -2.28. The molecule has 36 heavy (non-hydrogen) atoms. The number of ether oxygens (including phenoxy) is 3. The largest absolute Gasteiger partial charge is 0.497 e. The van der Waals surface area contributed by atoms with E-state index in [1.165, 1.54) is 11.0 Å². The van der Waals surface area contributed by atoms with Crippen LogP contribution in [0.2, 0.25) is 0 Å². The number of methoxy groups -OCH3 is 1. The molecule has 0 saturated heterocycles. The van der Waals surface area contributed by atoms with Crippen LogP contribution in [-0.2, 0) is 26.2 Å². The maximum atomic E-state index is 13.6. The van der Waals surface area contributed by atoms with E-state index in [9.17, 15) is 18.0 Å². The van der Waals surface area contributed by atoms with Crippen molar-refractivity contribution < 1.29 is 32.2 Å². The van der Waals surface area contributed by atoms with Gasteiger partial charge >= 0.3 is 0 Å². The zero-order chi connectivity index (χ0) is 26.5. The summed E-state index contributed by atoms with van der Waals surface area (Å²) in [5.74, 6) is 0.935. The number of benzene rings is 2. The van der Waals surface area contributed by atoms with Crippen LogP contribution in [0, 0.1) is 5.92 Å². The number of nitrogens with zero attached hydrogens (tertiary/aromatic N) is 2. The molecule has 1 N–H and O–H groups in total. The molecule has 2 amide bonds. The predicted octanol–water partition coefficient (Wildman–Crippen LogP) is 2.38. The first-order valence-electron chi connectivity index (χ1n) is 11.6. The molecule has 0 fully saturated rings. The van der Waals surface area contributed by atoms with Gasteiger partial charge in [-0.05, 0) is 42.7 Å². The molecule has 11 heteroatoms. The number of fused-ring (bicyclic) bond motifs is 1. The molecule has 0 unspecified atom stereocenters. The van der Waals surface area contributed by atoms with E-state index in [2.05, 4.69) is 5.32 Å². The molecular weight excluding hydrogens is 486 g/mol. The number of sulfonamides is 1. The van der Waals surface area contributed by atoms with Gasteiger partial charge in [0, 0.05) is 19.2 Å². The minimum Gasteiger partial charge on any atom is -0.497 e. The third-order valence-corrected chi connectivity index (χ3v) is 6.83. The molecular formula is C25H33N3O7S. The van der Waals surface area contributed by atoms with E-state index in [4.69, 9.17) is 14.2 Å². The molecule has 0 saturated carbocycles.